The number of carbonyl (C=O) groups is 6. The normalized spacial score (nSPS) is 12.9. The van der Waals surface area contributed by atoms with E-state index in [1.165, 1.54) is 7.11 Å². The molecule has 4 amide bonds. The predicted octanol–water partition coefficient (Wildman–Crippen LogP) is 6.15. The molecule has 14 nitrogen and oxygen atoms in total. The fourth-order valence-electron chi connectivity index (χ4n) is 5.88. The number of carbonyl (C=O) groups excluding carboxylic acids is 6. The van der Waals surface area contributed by atoms with Crippen LogP contribution in [0.15, 0.2) is 97.1 Å². The summed E-state index contributed by atoms with van der Waals surface area (Å²) in [6.07, 6.45) is -1.98. The van der Waals surface area contributed by atoms with Crippen molar-refractivity contribution in [3.05, 3.63) is 108 Å². The maximum atomic E-state index is 14.2. The highest BCUT2D eigenvalue weighted by molar-refractivity contribution is 6.00. The molecule has 0 saturated heterocycles. The highest BCUT2D eigenvalue weighted by atomic mass is 16.6. The zero-order valence-electron chi connectivity index (χ0n) is 34.6. The quantitative estimate of drug-likeness (QED) is 0.0712. The number of methoxy groups -OCH3 is 1. The topological polar surface area (TPSA) is 187 Å². The first-order valence-corrected chi connectivity index (χ1v) is 19.3. The van der Waals surface area contributed by atoms with E-state index >= 15 is 0 Å². The minimum Gasteiger partial charge on any atom is -0.497 e. The molecule has 0 heterocycles. The Labute approximate surface area is 344 Å². The summed E-state index contributed by atoms with van der Waals surface area (Å²) in [6, 6.07) is 24.6. The molecule has 0 saturated carbocycles. The molecule has 3 atom stereocenters. The SMILES string of the molecule is COc1cccc(NC(=O)[C@@H](CCC(=O)OC(C)(C)C)NC(=O)[C@H](CC(=O)OC(C)(C)C)NC(=O)[C@H](Cc2ccc3ccccc3c2)NC(=O)OCc2ccccc2)c1. The lowest BCUT2D eigenvalue weighted by molar-refractivity contribution is -0.156. The second-order valence-corrected chi connectivity index (χ2v) is 15.9. The summed E-state index contributed by atoms with van der Waals surface area (Å²) >= 11 is 0. The van der Waals surface area contributed by atoms with Crippen molar-refractivity contribution in [3.8, 4) is 5.75 Å². The molecule has 0 aliphatic rings. The molecule has 0 bridgehead atoms. The fourth-order valence-corrected chi connectivity index (χ4v) is 5.88. The molecule has 0 aromatic heterocycles. The number of nitrogens with one attached hydrogen (secondary N) is 4. The Morgan fingerprint density at radius 3 is 1.90 bits per heavy atom. The number of anilines is 1. The van der Waals surface area contributed by atoms with Crippen LogP contribution in [-0.2, 0) is 51.2 Å². The van der Waals surface area contributed by atoms with E-state index in [4.69, 9.17) is 18.9 Å². The molecule has 4 aromatic rings. The second-order valence-electron chi connectivity index (χ2n) is 15.9. The minimum absolute atomic E-state index is 0.0145. The number of hydrogen-bond acceptors (Lipinski definition) is 10. The lowest BCUT2D eigenvalue weighted by Crippen LogP contribution is -2.57. The highest BCUT2D eigenvalue weighted by Gasteiger charge is 2.33. The van der Waals surface area contributed by atoms with E-state index < -0.39 is 71.5 Å². The van der Waals surface area contributed by atoms with E-state index in [0.717, 1.165) is 16.3 Å². The average Bonchev–Trinajstić information content (AvgIpc) is 3.17. The molecule has 14 heteroatoms. The van der Waals surface area contributed by atoms with E-state index in [1.54, 1.807) is 90.1 Å². The summed E-state index contributed by atoms with van der Waals surface area (Å²) in [5.74, 6) is -3.38. The van der Waals surface area contributed by atoms with Gasteiger partial charge >= 0.3 is 18.0 Å². The maximum Gasteiger partial charge on any atom is 0.408 e. The van der Waals surface area contributed by atoms with Crippen molar-refractivity contribution in [2.75, 3.05) is 12.4 Å². The maximum absolute atomic E-state index is 14.2. The molecule has 0 fully saturated rings. The molecule has 314 valence electrons. The molecule has 59 heavy (non-hydrogen) atoms. The monoisotopic (exact) mass is 810 g/mol. The Hall–Kier alpha value is -6.44. The van der Waals surface area contributed by atoms with E-state index in [2.05, 4.69) is 21.3 Å². The van der Waals surface area contributed by atoms with Crippen LogP contribution in [0.1, 0.15) is 71.9 Å². The first-order chi connectivity index (χ1) is 27.9. The number of esters is 2. The van der Waals surface area contributed by atoms with Gasteiger partial charge < -0.3 is 40.2 Å². The van der Waals surface area contributed by atoms with Gasteiger partial charge in [-0.25, -0.2) is 4.79 Å². The van der Waals surface area contributed by atoms with Crippen LogP contribution in [0.5, 0.6) is 5.75 Å². The van der Waals surface area contributed by atoms with Gasteiger partial charge in [-0.05, 0) is 82.0 Å². The van der Waals surface area contributed by atoms with Crippen molar-refractivity contribution in [1.29, 1.82) is 0 Å². The largest absolute Gasteiger partial charge is 0.497 e. The number of rotatable bonds is 17. The van der Waals surface area contributed by atoms with Crippen LogP contribution < -0.4 is 26.0 Å². The molecular weight excluding hydrogens is 757 g/mol. The zero-order chi connectivity index (χ0) is 43.2. The summed E-state index contributed by atoms with van der Waals surface area (Å²) in [6.45, 7) is 10.00. The van der Waals surface area contributed by atoms with Crippen molar-refractivity contribution in [1.82, 2.24) is 16.0 Å². The van der Waals surface area contributed by atoms with Crippen LogP contribution >= 0.6 is 0 Å². The lowest BCUT2D eigenvalue weighted by atomic mass is 10.0. The van der Waals surface area contributed by atoms with Gasteiger partial charge in [0.15, 0.2) is 0 Å². The fraction of sp³-hybridized carbons (Fsp3) is 0.378. The van der Waals surface area contributed by atoms with Gasteiger partial charge in [0.2, 0.25) is 17.7 Å². The Bertz CT molecular complexity index is 2090. The Balaban J connectivity index is 1.62. The molecule has 0 spiro atoms. The lowest BCUT2D eigenvalue weighted by Gasteiger charge is -2.26. The number of alkyl carbamates (subject to hydrolysis) is 1. The molecule has 4 N–H and O–H groups in total. The first kappa shape index (κ1) is 45.3. The smallest absolute Gasteiger partial charge is 0.408 e. The standard InChI is InChI=1S/C45H54N4O10/c1-44(2,3)58-38(50)23-22-35(40(52)46-33-18-13-19-34(26-33)56-7)47-42(54)37(27-39(51)59-45(4,5)6)48-41(53)36(49-43(55)57-28-29-14-9-8-10-15-29)25-30-20-21-31-16-11-12-17-32(31)24-30/h8-21,24,26,35-37H,22-23,25,27-28H2,1-7H3,(H,46,52)(H,47,54)(H,48,53)(H,49,55)/t35-,36+,37+/m1/s1. The first-order valence-electron chi connectivity index (χ1n) is 19.3. The Kier molecular flexibility index (Phi) is 16.0. The van der Waals surface area contributed by atoms with Gasteiger partial charge in [0, 0.05) is 24.6 Å². The van der Waals surface area contributed by atoms with Crippen LogP contribution in [0, 0.1) is 0 Å². The van der Waals surface area contributed by atoms with Crippen LogP contribution in [0.3, 0.4) is 0 Å². The molecule has 0 unspecified atom stereocenters. The van der Waals surface area contributed by atoms with Gasteiger partial charge in [0.05, 0.1) is 13.5 Å². The van der Waals surface area contributed by atoms with Crippen LogP contribution in [0.4, 0.5) is 10.5 Å². The van der Waals surface area contributed by atoms with E-state index in [9.17, 15) is 28.8 Å². The third kappa shape index (κ3) is 15.8. The van der Waals surface area contributed by atoms with Gasteiger partial charge in [0.1, 0.15) is 41.7 Å². The number of ether oxygens (including phenoxy) is 4. The van der Waals surface area contributed by atoms with E-state index in [0.29, 0.717) is 17.0 Å². The van der Waals surface area contributed by atoms with Crippen molar-refractivity contribution in [2.45, 2.75) is 103 Å². The average molecular weight is 811 g/mol. The molecule has 4 rings (SSSR count). The summed E-state index contributed by atoms with van der Waals surface area (Å²) in [5, 5.41) is 12.5. The van der Waals surface area contributed by atoms with Crippen LogP contribution in [0.25, 0.3) is 10.8 Å². The number of fused-ring (bicyclic) bond motifs is 1. The van der Waals surface area contributed by atoms with Crippen molar-refractivity contribution in [3.63, 3.8) is 0 Å². The molecule has 0 radical (unpaired) electrons. The van der Waals surface area contributed by atoms with Crippen molar-refractivity contribution >= 4 is 52.2 Å². The van der Waals surface area contributed by atoms with Crippen molar-refractivity contribution < 1.29 is 47.7 Å². The third-order valence-corrected chi connectivity index (χ3v) is 8.53. The predicted molar refractivity (Wildman–Crippen MR) is 222 cm³/mol. The van der Waals surface area contributed by atoms with Gasteiger partial charge in [-0.2, -0.15) is 0 Å². The van der Waals surface area contributed by atoms with E-state index in [-0.39, 0.29) is 25.9 Å². The molecule has 0 aliphatic heterocycles. The number of hydrogen-bond donors (Lipinski definition) is 4. The highest BCUT2D eigenvalue weighted by Crippen LogP contribution is 2.20. The zero-order valence-corrected chi connectivity index (χ0v) is 34.6. The van der Waals surface area contributed by atoms with E-state index in [1.807, 2.05) is 48.5 Å². The summed E-state index contributed by atoms with van der Waals surface area (Å²) in [4.78, 5) is 81.2. The second kappa shape index (κ2) is 20.8. The van der Waals surface area contributed by atoms with Gasteiger partial charge in [0.25, 0.3) is 0 Å². The Morgan fingerprint density at radius 2 is 1.22 bits per heavy atom. The van der Waals surface area contributed by atoms with Crippen LogP contribution in [0.2, 0.25) is 0 Å². The molecule has 4 aromatic carbocycles. The third-order valence-electron chi connectivity index (χ3n) is 8.53. The van der Waals surface area contributed by atoms with Crippen molar-refractivity contribution in [2.24, 2.45) is 0 Å². The van der Waals surface area contributed by atoms with Crippen LogP contribution in [-0.4, -0.2) is 72.2 Å². The summed E-state index contributed by atoms with van der Waals surface area (Å²) in [5.41, 5.74) is 0.0384. The number of amides is 4. The summed E-state index contributed by atoms with van der Waals surface area (Å²) in [7, 11) is 1.47. The van der Waals surface area contributed by atoms with Gasteiger partial charge in [-0.3, -0.25) is 24.0 Å². The number of benzene rings is 4. The summed E-state index contributed by atoms with van der Waals surface area (Å²) < 4.78 is 21.6. The molecular formula is C45H54N4O10. The van der Waals surface area contributed by atoms with Gasteiger partial charge in [-0.15, -0.1) is 0 Å². The minimum atomic E-state index is -1.59. The van der Waals surface area contributed by atoms with Gasteiger partial charge in [-0.1, -0.05) is 78.9 Å². The molecule has 0 aliphatic carbocycles. The Morgan fingerprint density at radius 1 is 0.593 bits per heavy atom.